The highest BCUT2D eigenvalue weighted by Gasteiger charge is 2.09. The van der Waals surface area contributed by atoms with Gasteiger partial charge in [0.2, 0.25) is 5.91 Å². The normalized spacial score (nSPS) is 10.5. The predicted molar refractivity (Wildman–Crippen MR) is 116 cm³/mol. The van der Waals surface area contributed by atoms with E-state index >= 15 is 0 Å². The number of amides is 1. The summed E-state index contributed by atoms with van der Waals surface area (Å²) in [4.78, 5) is 22.0. The quantitative estimate of drug-likeness (QED) is 0.490. The number of carbonyl (C=O) groups excluding carboxylic acids is 1. The highest BCUT2D eigenvalue weighted by molar-refractivity contribution is 7.14. The fraction of sp³-hybridized carbons (Fsp3) is 0.0870. The molecule has 0 atom stereocenters. The summed E-state index contributed by atoms with van der Waals surface area (Å²) in [6.07, 6.45) is 7.34. The third kappa shape index (κ3) is 4.67. The van der Waals surface area contributed by atoms with Crippen molar-refractivity contribution in [1.82, 2.24) is 9.97 Å². The second kappa shape index (κ2) is 8.67. The zero-order valence-electron chi connectivity index (χ0n) is 15.8. The summed E-state index contributed by atoms with van der Waals surface area (Å²) in [6.45, 7) is 0. The monoisotopic (exact) mass is 401 g/mol. The Morgan fingerprint density at radius 2 is 1.90 bits per heavy atom. The molecule has 3 aromatic heterocycles. The molecule has 0 radical (unpaired) electrons. The molecule has 0 aliphatic carbocycles. The Kier molecular flexibility index (Phi) is 5.63. The van der Waals surface area contributed by atoms with Crippen molar-refractivity contribution in [1.29, 1.82) is 0 Å². The highest BCUT2D eigenvalue weighted by Crippen LogP contribution is 2.32. The minimum atomic E-state index is -0.0977. The van der Waals surface area contributed by atoms with Crippen LogP contribution in [0.2, 0.25) is 0 Å². The van der Waals surface area contributed by atoms with Crippen molar-refractivity contribution in [3.05, 3.63) is 84.3 Å². The number of aromatic nitrogens is 2. The Labute approximate surface area is 173 Å². The van der Waals surface area contributed by atoms with E-state index in [1.807, 2.05) is 48.7 Å². The first-order valence-electron chi connectivity index (χ1n) is 9.08. The molecule has 5 nitrogen and oxygen atoms in total. The number of anilines is 1. The van der Waals surface area contributed by atoms with E-state index in [1.54, 1.807) is 37.0 Å². The molecule has 1 amide bonds. The summed E-state index contributed by atoms with van der Waals surface area (Å²) in [5.74, 6) is 0.639. The van der Waals surface area contributed by atoms with Crippen LogP contribution in [0.4, 0.5) is 5.69 Å². The molecule has 1 aromatic carbocycles. The molecule has 29 heavy (non-hydrogen) atoms. The fourth-order valence-corrected chi connectivity index (χ4v) is 3.89. The van der Waals surface area contributed by atoms with Crippen LogP contribution in [0.1, 0.15) is 5.56 Å². The molecule has 1 N–H and O–H groups in total. The summed E-state index contributed by atoms with van der Waals surface area (Å²) in [6, 6.07) is 15.5. The molecule has 0 spiro atoms. The largest absolute Gasteiger partial charge is 0.497 e. The van der Waals surface area contributed by atoms with Gasteiger partial charge in [-0.3, -0.25) is 14.8 Å². The van der Waals surface area contributed by atoms with Crippen LogP contribution in [0.3, 0.4) is 0 Å². The Hall–Kier alpha value is -3.51. The topological polar surface area (TPSA) is 64.1 Å². The van der Waals surface area contributed by atoms with E-state index in [2.05, 4.69) is 26.7 Å². The van der Waals surface area contributed by atoms with Crippen LogP contribution < -0.4 is 10.1 Å². The van der Waals surface area contributed by atoms with Gasteiger partial charge in [-0.25, -0.2) is 0 Å². The molecule has 0 aliphatic rings. The lowest BCUT2D eigenvalue weighted by atomic mass is 10.1. The minimum absolute atomic E-state index is 0.0977. The smallest absolute Gasteiger partial charge is 0.228 e. The number of nitrogens with zero attached hydrogens (tertiary/aromatic N) is 2. The van der Waals surface area contributed by atoms with E-state index in [4.69, 9.17) is 4.74 Å². The first-order chi connectivity index (χ1) is 14.2. The number of hydrogen-bond acceptors (Lipinski definition) is 5. The molecule has 0 unspecified atom stereocenters. The highest BCUT2D eigenvalue weighted by atomic mass is 32.1. The standard InChI is InChI=1S/C23H19N3O2S/c1-28-21-6-2-4-16(8-21)9-23(27)26-20-10-18(13-25-14-20)22-11-19(15-29-22)17-5-3-7-24-12-17/h2-8,10-15H,9H2,1H3,(H,26,27). The molecule has 0 bridgehead atoms. The van der Waals surface area contributed by atoms with Crippen molar-refractivity contribution in [3.63, 3.8) is 0 Å². The Morgan fingerprint density at radius 3 is 2.72 bits per heavy atom. The minimum Gasteiger partial charge on any atom is -0.497 e. The van der Waals surface area contributed by atoms with Crippen LogP contribution in [0.5, 0.6) is 5.75 Å². The Balaban J connectivity index is 1.47. The third-order valence-electron chi connectivity index (χ3n) is 4.40. The van der Waals surface area contributed by atoms with Gasteiger partial charge in [0.25, 0.3) is 0 Å². The van der Waals surface area contributed by atoms with E-state index < -0.39 is 0 Å². The number of hydrogen-bond donors (Lipinski definition) is 1. The van der Waals surface area contributed by atoms with Crippen molar-refractivity contribution in [2.75, 3.05) is 12.4 Å². The number of ether oxygens (including phenoxy) is 1. The lowest BCUT2D eigenvalue weighted by Crippen LogP contribution is -2.14. The molecular formula is C23H19N3O2S. The zero-order valence-corrected chi connectivity index (χ0v) is 16.6. The molecule has 0 fully saturated rings. The van der Waals surface area contributed by atoms with Gasteiger partial charge in [-0.1, -0.05) is 18.2 Å². The van der Waals surface area contributed by atoms with Crippen molar-refractivity contribution in [2.45, 2.75) is 6.42 Å². The van der Waals surface area contributed by atoms with E-state index in [0.29, 0.717) is 5.69 Å². The molecule has 4 aromatic rings. The van der Waals surface area contributed by atoms with E-state index in [9.17, 15) is 4.79 Å². The van der Waals surface area contributed by atoms with E-state index in [0.717, 1.165) is 32.9 Å². The van der Waals surface area contributed by atoms with E-state index in [-0.39, 0.29) is 12.3 Å². The van der Waals surface area contributed by atoms with Crippen molar-refractivity contribution < 1.29 is 9.53 Å². The van der Waals surface area contributed by atoms with Gasteiger partial charge in [0, 0.05) is 34.6 Å². The second-order valence-corrected chi connectivity index (χ2v) is 7.39. The average molecular weight is 401 g/mol. The number of benzene rings is 1. The number of rotatable bonds is 6. The van der Waals surface area contributed by atoms with Crippen LogP contribution in [0.15, 0.2) is 78.7 Å². The predicted octanol–water partition coefficient (Wildman–Crippen LogP) is 5.06. The molecule has 6 heteroatoms. The molecule has 0 saturated heterocycles. The molecule has 3 heterocycles. The van der Waals surface area contributed by atoms with Gasteiger partial charge >= 0.3 is 0 Å². The second-order valence-electron chi connectivity index (χ2n) is 6.48. The first-order valence-corrected chi connectivity index (χ1v) is 9.96. The van der Waals surface area contributed by atoms with Crippen molar-refractivity contribution in [3.8, 4) is 27.3 Å². The van der Waals surface area contributed by atoms with Gasteiger partial charge in [-0.2, -0.15) is 0 Å². The third-order valence-corrected chi connectivity index (χ3v) is 5.38. The zero-order chi connectivity index (χ0) is 20.1. The van der Waals surface area contributed by atoms with Gasteiger partial charge in [0.1, 0.15) is 5.75 Å². The Morgan fingerprint density at radius 1 is 1.00 bits per heavy atom. The number of thiophene rings is 1. The SMILES string of the molecule is COc1cccc(CC(=O)Nc2cncc(-c3cc(-c4cccnc4)cs3)c2)c1. The first kappa shape index (κ1) is 18.8. The molecular weight excluding hydrogens is 382 g/mol. The number of pyridine rings is 2. The summed E-state index contributed by atoms with van der Waals surface area (Å²) in [5.41, 5.74) is 4.72. The van der Waals surface area contributed by atoms with Crippen LogP contribution in [-0.4, -0.2) is 23.0 Å². The fourth-order valence-electron chi connectivity index (χ4n) is 2.99. The average Bonchev–Trinajstić information content (AvgIpc) is 3.25. The molecule has 0 aliphatic heterocycles. The lowest BCUT2D eigenvalue weighted by Gasteiger charge is -2.07. The van der Waals surface area contributed by atoms with Gasteiger partial charge in [0.05, 0.1) is 25.4 Å². The van der Waals surface area contributed by atoms with Crippen LogP contribution in [-0.2, 0) is 11.2 Å². The molecule has 144 valence electrons. The van der Waals surface area contributed by atoms with Crippen molar-refractivity contribution >= 4 is 22.9 Å². The van der Waals surface area contributed by atoms with Crippen molar-refractivity contribution in [2.24, 2.45) is 0 Å². The summed E-state index contributed by atoms with van der Waals surface area (Å²) < 4.78 is 5.21. The number of nitrogens with one attached hydrogen (secondary N) is 1. The maximum atomic E-state index is 12.4. The van der Waals surface area contributed by atoms with Gasteiger partial charge in [-0.05, 0) is 46.8 Å². The van der Waals surface area contributed by atoms with Crippen LogP contribution in [0.25, 0.3) is 21.6 Å². The van der Waals surface area contributed by atoms with Gasteiger partial charge in [-0.15, -0.1) is 11.3 Å². The number of methoxy groups -OCH3 is 1. The lowest BCUT2D eigenvalue weighted by molar-refractivity contribution is -0.115. The summed E-state index contributed by atoms with van der Waals surface area (Å²) >= 11 is 1.64. The van der Waals surface area contributed by atoms with E-state index in [1.165, 1.54) is 0 Å². The van der Waals surface area contributed by atoms with Gasteiger partial charge in [0.15, 0.2) is 0 Å². The maximum Gasteiger partial charge on any atom is 0.228 e. The van der Waals surface area contributed by atoms with Gasteiger partial charge < -0.3 is 10.1 Å². The van der Waals surface area contributed by atoms with Crippen LogP contribution in [0, 0.1) is 0 Å². The Bertz CT molecular complexity index is 1130. The summed E-state index contributed by atoms with van der Waals surface area (Å²) in [5, 5.41) is 5.03. The molecule has 4 rings (SSSR count). The van der Waals surface area contributed by atoms with Crippen LogP contribution >= 0.6 is 11.3 Å². The molecule has 0 saturated carbocycles. The number of carbonyl (C=O) groups is 1. The summed E-state index contributed by atoms with van der Waals surface area (Å²) in [7, 11) is 1.61. The maximum absolute atomic E-state index is 12.4.